The molecule has 17 heteroatoms. The number of imide groups is 2. The average molecular weight is 841 g/mol. The number of aromatic hydroxyl groups is 1. The number of benzene rings is 4. The van der Waals surface area contributed by atoms with Crippen molar-refractivity contribution in [1.29, 1.82) is 0 Å². The van der Waals surface area contributed by atoms with Gasteiger partial charge in [0.2, 0.25) is 11.8 Å². The summed E-state index contributed by atoms with van der Waals surface area (Å²) in [5.41, 5.74) is 1.39. The van der Waals surface area contributed by atoms with Gasteiger partial charge in [0, 0.05) is 22.5 Å². The van der Waals surface area contributed by atoms with Crippen LogP contribution in [0.5, 0.6) is 5.75 Å². The standard InChI is InChI=1S/C42H30BCl2F3N4O7/c44-23-10-8-20(9-11-23)41-31(38(55)52(40(41)57)50-36-32(45)16-21(19-49-36)42(46,47)48)18-30-28(35(41)27-14-15-33(53)26-7-2-1-6-25(26)27)12-13-29-34(30)39(56)51(37(29)54)24-5-3-4-22(17-24)43(58)59/h1-12,14-17,19,29-31,34-35,53,58-59H,13,18H2,(H,49,50). The summed E-state index contributed by atoms with van der Waals surface area (Å²) in [5.74, 6) is -8.03. The van der Waals surface area contributed by atoms with E-state index < -0.39 is 88.3 Å². The van der Waals surface area contributed by atoms with E-state index >= 15 is 9.59 Å². The Bertz CT molecular complexity index is 2660. The van der Waals surface area contributed by atoms with Gasteiger partial charge in [0.1, 0.15) is 5.75 Å². The number of phenolic OH excluding ortho intramolecular Hbond substituents is 1. The first-order valence-corrected chi connectivity index (χ1v) is 19.3. The quantitative estimate of drug-likeness (QED) is 0.0896. The van der Waals surface area contributed by atoms with Crippen molar-refractivity contribution in [3.05, 3.63) is 136 Å². The molecule has 298 valence electrons. The molecule has 4 N–H and O–H groups in total. The van der Waals surface area contributed by atoms with Crippen molar-refractivity contribution in [2.45, 2.75) is 30.4 Å². The largest absolute Gasteiger partial charge is 0.507 e. The minimum atomic E-state index is -4.78. The summed E-state index contributed by atoms with van der Waals surface area (Å²) in [6.45, 7) is 0. The summed E-state index contributed by atoms with van der Waals surface area (Å²) in [7, 11) is -1.87. The third kappa shape index (κ3) is 5.85. The zero-order valence-corrected chi connectivity index (χ0v) is 31.9. The molecule has 2 saturated heterocycles. The topological polar surface area (TPSA) is 160 Å². The Balaban J connectivity index is 1.25. The molecule has 0 bridgehead atoms. The van der Waals surface area contributed by atoms with Crippen molar-refractivity contribution in [2.75, 3.05) is 10.3 Å². The fraction of sp³-hybridized carbons (Fsp3) is 0.214. The second-order valence-electron chi connectivity index (χ2n) is 15.1. The number of amides is 4. The lowest BCUT2D eigenvalue weighted by Crippen LogP contribution is -2.53. The maximum absolute atomic E-state index is 15.5. The van der Waals surface area contributed by atoms with E-state index in [-0.39, 0.29) is 29.7 Å². The van der Waals surface area contributed by atoms with Gasteiger partial charge in [-0.15, -0.1) is 0 Å². The van der Waals surface area contributed by atoms with Gasteiger partial charge in [-0.3, -0.25) is 29.5 Å². The maximum atomic E-state index is 15.5. The number of nitrogens with zero attached hydrogens (tertiary/aromatic N) is 3. The number of halogens is 5. The molecule has 4 aromatic carbocycles. The molecule has 1 aromatic heterocycles. The number of carbonyl (C=O) groups excluding carboxylic acids is 4. The third-order valence-electron chi connectivity index (χ3n) is 12.2. The van der Waals surface area contributed by atoms with Crippen molar-refractivity contribution in [2.24, 2.45) is 23.7 Å². The molecule has 11 nitrogen and oxygen atoms in total. The minimum Gasteiger partial charge on any atom is -0.507 e. The Morgan fingerprint density at radius 2 is 1.58 bits per heavy atom. The molecule has 9 rings (SSSR count). The van der Waals surface area contributed by atoms with Crippen molar-refractivity contribution in [1.82, 2.24) is 9.99 Å². The second kappa shape index (κ2) is 13.9. The predicted octanol–water partition coefficient (Wildman–Crippen LogP) is 6.14. The molecule has 3 heterocycles. The molecule has 2 aliphatic heterocycles. The zero-order chi connectivity index (χ0) is 41.7. The van der Waals surface area contributed by atoms with E-state index in [2.05, 4.69) is 10.4 Å². The van der Waals surface area contributed by atoms with Gasteiger partial charge >= 0.3 is 13.3 Å². The summed E-state index contributed by atoms with van der Waals surface area (Å²) in [6.07, 6.45) is -2.43. The van der Waals surface area contributed by atoms with Crippen LogP contribution in [0, 0.1) is 23.7 Å². The fourth-order valence-electron chi connectivity index (χ4n) is 9.76. The molecule has 5 aromatic rings. The Labute approximate surface area is 343 Å². The molecule has 6 unspecified atom stereocenters. The highest BCUT2D eigenvalue weighted by molar-refractivity contribution is 6.58. The summed E-state index contributed by atoms with van der Waals surface area (Å²) < 4.78 is 40.7. The number of hydrazine groups is 1. The van der Waals surface area contributed by atoms with Gasteiger partial charge in [-0.2, -0.15) is 18.2 Å². The Hall–Kier alpha value is -5.74. The van der Waals surface area contributed by atoms with E-state index in [0.717, 1.165) is 4.90 Å². The molecule has 4 aliphatic rings. The van der Waals surface area contributed by atoms with Crippen molar-refractivity contribution < 1.29 is 47.5 Å². The highest BCUT2D eigenvalue weighted by Gasteiger charge is 2.70. The first kappa shape index (κ1) is 38.8. The van der Waals surface area contributed by atoms with Crippen molar-refractivity contribution in [3.63, 3.8) is 0 Å². The van der Waals surface area contributed by atoms with Gasteiger partial charge in [0.05, 0.1) is 39.4 Å². The van der Waals surface area contributed by atoms with Gasteiger partial charge in [0.25, 0.3) is 11.8 Å². The lowest BCUT2D eigenvalue weighted by Gasteiger charge is -2.51. The minimum absolute atomic E-state index is 0.0472. The number of nitrogens with one attached hydrogen (secondary N) is 1. The highest BCUT2D eigenvalue weighted by atomic mass is 35.5. The number of phenols is 1. The summed E-state index contributed by atoms with van der Waals surface area (Å²) >= 11 is 12.7. The van der Waals surface area contributed by atoms with E-state index in [9.17, 15) is 37.9 Å². The number of aromatic nitrogens is 1. The Morgan fingerprint density at radius 1 is 0.847 bits per heavy atom. The molecule has 4 amide bonds. The fourth-order valence-corrected chi connectivity index (χ4v) is 10.1. The van der Waals surface area contributed by atoms with Crippen LogP contribution in [-0.2, 0) is 30.8 Å². The van der Waals surface area contributed by atoms with E-state index in [1.165, 1.54) is 30.3 Å². The lowest BCUT2D eigenvalue weighted by molar-refractivity contribution is -0.139. The van der Waals surface area contributed by atoms with Crippen LogP contribution in [0.3, 0.4) is 0 Å². The van der Waals surface area contributed by atoms with Gasteiger partial charge in [0.15, 0.2) is 5.82 Å². The van der Waals surface area contributed by atoms with Crippen LogP contribution >= 0.6 is 23.2 Å². The number of hydrogen-bond donors (Lipinski definition) is 4. The molecule has 0 spiro atoms. The number of hydrogen-bond acceptors (Lipinski definition) is 9. The second-order valence-corrected chi connectivity index (χ2v) is 16.0. The summed E-state index contributed by atoms with van der Waals surface area (Å²) in [5, 5.41) is 32.3. The third-order valence-corrected chi connectivity index (χ3v) is 12.8. The number of carbonyl (C=O) groups is 4. The maximum Gasteiger partial charge on any atom is 0.488 e. The molecule has 6 atom stereocenters. The number of allylic oxidation sites excluding steroid dienone is 2. The highest BCUT2D eigenvalue weighted by Crippen LogP contribution is 2.65. The van der Waals surface area contributed by atoms with Crippen LogP contribution in [0.25, 0.3) is 10.8 Å². The number of alkyl halides is 3. The molecule has 59 heavy (non-hydrogen) atoms. The predicted molar refractivity (Wildman–Crippen MR) is 211 cm³/mol. The van der Waals surface area contributed by atoms with Gasteiger partial charge in [-0.1, -0.05) is 89.4 Å². The van der Waals surface area contributed by atoms with Crippen LogP contribution < -0.4 is 15.8 Å². The zero-order valence-electron chi connectivity index (χ0n) is 30.4. The van der Waals surface area contributed by atoms with Crippen LogP contribution in [0.2, 0.25) is 10.0 Å². The summed E-state index contributed by atoms with van der Waals surface area (Å²) in [4.78, 5) is 64.3. The summed E-state index contributed by atoms with van der Waals surface area (Å²) in [6, 6.07) is 22.9. The van der Waals surface area contributed by atoms with E-state index in [4.69, 9.17) is 23.2 Å². The Morgan fingerprint density at radius 3 is 2.27 bits per heavy atom. The van der Waals surface area contributed by atoms with Crippen molar-refractivity contribution >= 4 is 81.7 Å². The monoisotopic (exact) mass is 840 g/mol. The van der Waals surface area contributed by atoms with Crippen LogP contribution in [-0.4, -0.2) is 55.9 Å². The van der Waals surface area contributed by atoms with E-state index in [0.29, 0.717) is 49.8 Å². The first-order valence-electron chi connectivity index (χ1n) is 18.5. The molecule has 1 saturated carbocycles. The number of anilines is 2. The normalized spacial score (nSPS) is 25.2. The van der Waals surface area contributed by atoms with Gasteiger partial charge < -0.3 is 15.2 Å². The molecule has 2 aliphatic carbocycles. The average Bonchev–Trinajstić information content (AvgIpc) is 3.59. The lowest BCUT2D eigenvalue weighted by atomic mass is 9.49. The van der Waals surface area contributed by atoms with Crippen LogP contribution in [0.1, 0.15) is 35.4 Å². The molecule has 3 fully saturated rings. The van der Waals surface area contributed by atoms with Crippen LogP contribution in [0.4, 0.5) is 24.7 Å². The first-order chi connectivity index (χ1) is 28.1. The number of pyridine rings is 1. The van der Waals surface area contributed by atoms with E-state index in [1.54, 1.807) is 54.6 Å². The molecular formula is C42H30BCl2F3N4O7. The molecule has 0 radical (unpaired) electrons. The van der Waals surface area contributed by atoms with Crippen LogP contribution in [0.15, 0.2) is 109 Å². The van der Waals surface area contributed by atoms with Crippen molar-refractivity contribution in [3.8, 4) is 5.75 Å². The van der Waals surface area contributed by atoms with Gasteiger partial charge in [-0.25, -0.2) is 4.98 Å². The Kier molecular flexibility index (Phi) is 9.16. The van der Waals surface area contributed by atoms with E-state index in [1.807, 2.05) is 6.08 Å². The number of rotatable bonds is 6. The smallest absolute Gasteiger partial charge is 0.488 e. The van der Waals surface area contributed by atoms with Gasteiger partial charge in [-0.05, 0) is 77.1 Å². The number of fused-ring (bicyclic) bond motifs is 5. The molecular weight excluding hydrogens is 811 g/mol. The SMILES string of the molecule is O=C1C2CC3C(=CCC4C(=O)N(c5cccc(B(O)O)c5)C(=O)C43)C(c3ccc(O)c4ccccc34)C2(c2ccc(Cl)cc2)C(=O)N1Nc1ncc(C(F)(F)F)cc1Cl.